The molecule has 0 fully saturated rings. The number of nitrogens with zero attached hydrogens (tertiary/aromatic N) is 3. The van der Waals surface area contributed by atoms with Gasteiger partial charge in [0.1, 0.15) is 5.82 Å². The summed E-state index contributed by atoms with van der Waals surface area (Å²) in [7, 11) is 1.60. The molecular weight excluding hydrogens is 282 g/mol. The van der Waals surface area contributed by atoms with Gasteiger partial charge in [-0.05, 0) is 18.6 Å². The monoisotopic (exact) mass is 295 g/mol. The lowest BCUT2D eigenvalue weighted by Gasteiger charge is -2.03. The second-order valence-corrected chi connectivity index (χ2v) is 4.76. The van der Waals surface area contributed by atoms with Crippen molar-refractivity contribution >= 4 is 17.2 Å². The second kappa shape index (κ2) is 6.40. The van der Waals surface area contributed by atoms with Gasteiger partial charge in [0.15, 0.2) is 0 Å². The lowest BCUT2D eigenvalue weighted by atomic mass is 10.2. The molecule has 106 valence electrons. The van der Waals surface area contributed by atoms with Gasteiger partial charge in [-0.2, -0.15) is 9.36 Å². The predicted molar refractivity (Wildman–Crippen MR) is 73.4 cm³/mol. The van der Waals surface area contributed by atoms with Crippen molar-refractivity contribution in [3.05, 3.63) is 39.7 Å². The smallest absolute Gasteiger partial charge is 0.311 e. The minimum atomic E-state index is -0.484. The van der Waals surface area contributed by atoms with Crippen LogP contribution < -0.4 is 4.74 Å². The van der Waals surface area contributed by atoms with Crippen molar-refractivity contribution in [2.45, 2.75) is 13.3 Å². The van der Waals surface area contributed by atoms with Crippen molar-refractivity contribution in [2.75, 3.05) is 13.7 Å². The third-order valence-corrected chi connectivity index (χ3v) is 3.12. The summed E-state index contributed by atoms with van der Waals surface area (Å²) in [6.45, 7) is 2.35. The molecule has 20 heavy (non-hydrogen) atoms. The molecule has 0 spiro atoms. The topological polar surface area (TPSA) is 87.4 Å². The van der Waals surface area contributed by atoms with Gasteiger partial charge in [0.05, 0.1) is 11.5 Å². The fraction of sp³-hybridized carbons (Fsp3) is 0.333. The van der Waals surface area contributed by atoms with Crippen molar-refractivity contribution < 1.29 is 14.4 Å². The molecular formula is C12H13N3O4S. The summed E-state index contributed by atoms with van der Waals surface area (Å²) < 4.78 is 14.5. The van der Waals surface area contributed by atoms with Crippen LogP contribution in [-0.2, 0) is 11.2 Å². The third-order valence-electron chi connectivity index (χ3n) is 2.49. The van der Waals surface area contributed by atoms with Crippen LogP contribution in [0, 0.1) is 17.0 Å². The van der Waals surface area contributed by atoms with Gasteiger partial charge >= 0.3 is 5.69 Å². The van der Waals surface area contributed by atoms with Crippen LogP contribution in [0.5, 0.6) is 10.9 Å². The molecule has 0 saturated carbocycles. The van der Waals surface area contributed by atoms with Crippen molar-refractivity contribution in [2.24, 2.45) is 0 Å². The van der Waals surface area contributed by atoms with Gasteiger partial charge in [0, 0.05) is 31.1 Å². The Kier molecular flexibility index (Phi) is 4.59. The summed E-state index contributed by atoms with van der Waals surface area (Å²) in [4.78, 5) is 14.6. The Bertz CT molecular complexity index is 614. The number of rotatable bonds is 6. The molecule has 2 rings (SSSR count). The zero-order chi connectivity index (χ0) is 14.5. The summed E-state index contributed by atoms with van der Waals surface area (Å²) in [6.07, 6.45) is 0.576. The number of nitro groups is 1. The van der Waals surface area contributed by atoms with Crippen LogP contribution in [0.25, 0.3) is 0 Å². The molecule has 7 nitrogen and oxygen atoms in total. The lowest BCUT2D eigenvalue weighted by molar-refractivity contribution is -0.385. The van der Waals surface area contributed by atoms with E-state index in [0.29, 0.717) is 18.9 Å². The van der Waals surface area contributed by atoms with E-state index in [0.717, 1.165) is 17.1 Å². The number of aryl methyl sites for hydroxylation is 1. The Morgan fingerprint density at radius 3 is 2.95 bits per heavy atom. The highest BCUT2D eigenvalue weighted by Gasteiger charge is 2.17. The summed E-state index contributed by atoms with van der Waals surface area (Å²) in [5.74, 6) is 0.770. The first-order valence-electron chi connectivity index (χ1n) is 5.84. The number of nitro benzene ring substituents is 1. The first-order valence-corrected chi connectivity index (χ1v) is 6.62. The van der Waals surface area contributed by atoms with Crippen LogP contribution in [0.1, 0.15) is 11.4 Å². The van der Waals surface area contributed by atoms with E-state index in [2.05, 4.69) is 9.36 Å². The van der Waals surface area contributed by atoms with E-state index >= 15 is 0 Å². The molecule has 0 saturated heterocycles. The highest BCUT2D eigenvalue weighted by molar-refractivity contribution is 7.07. The summed E-state index contributed by atoms with van der Waals surface area (Å²) >= 11 is 1.06. The predicted octanol–water partition coefficient (Wildman–Crippen LogP) is 2.74. The van der Waals surface area contributed by atoms with Gasteiger partial charge in [0.2, 0.25) is 5.75 Å². The number of aromatic nitrogens is 2. The van der Waals surface area contributed by atoms with Gasteiger partial charge < -0.3 is 9.47 Å². The van der Waals surface area contributed by atoms with E-state index in [1.807, 2.05) is 6.92 Å². The molecule has 0 atom stereocenters. The van der Waals surface area contributed by atoms with E-state index in [1.54, 1.807) is 19.2 Å². The maximum atomic E-state index is 10.9. The number of methoxy groups -OCH3 is 1. The standard InChI is InChI=1S/C12H13N3O4S/c1-8-3-4-9(15(16)17)10(7-8)19-12-13-11(14-20-12)5-6-18-2/h3-4,7H,5-6H2,1-2H3. The van der Waals surface area contributed by atoms with Crippen LogP contribution in [0.2, 0.25) is 0 Å². The Hall–Kier alpha value is -2.06. The minimum absolute atomic E-state index is 0.0933. The Balaban J connectivity index is 2.19. The first kappa shape index (κ1) is 14.4. The van der Waals surface area contributed by atoms with Crippen LogP contribution >= 0.6 is 11.5 Å². The first-order chi connectivity index (χ1) is 9.60. The zero-order valence-electron chi connectivity index (χ0n) is 11.0. The van der Waals surface area contributed by atoms with Gasteiger partial charge in [-0.15, -0.1) is 0 Å². The fourth-order valence-corrected chi connectivity index (χ4v) is 2.11. The average molecular weight is 295 g/mol. The van der Waals surface area contributed by atoms with Crippen molar-refractivity contribution in [1.82, 2.24) is 9.36 Å². The number of hydrogen-bond donors (Lipinski definition) is 0. The molecule has 0 amide bonds. The van der Waals surface area contributed by atoms with E-state index in [4.69, 9.17) is 9.47 Å². The largest absolute Gasteiger partial charge is 0.422 e. The van der Waals surface area contributed by atoms with Crippen LogP contribution in [-0.4, -0.2) is 28.0 Å². The van der Waals surface area contributed by atoms with Gasteiger partial charge in [-0.3, -0.25) is 10.1 Å². The lowest BCUT2D eigenvalue weighted by Crippen LogP contribution is -1.97. The second-order valence-electron chi connectivity index (χ2n) is 4.05. The van der Waals surface area contributed by atoms with E-state index in [1.165, 1.54) is 6.07 Å². The molecule has 2 aromatic rings. The molecule has 0 unspecified atom stereocenters. The number of benzene rings is 1. The van der Waals surface area contributed by atoms with Crippen molar-refractivity contribution in [3.63, 3.8) is 0 Å². The third kappa shape index (κ3) is 3.49. The normalized spacial score (nSPS) is 10.5. The molecule has 1 heterocycles. The quantitative estimate of drug-likeness (QED) is 0.601. The molecule has 0 bridgehead atoms. The van der Waals surface area contributed by atoms with Gasteiger partial charge in [-0.1, -0.05) is 6.07 Å². The molecule has 1 aromatic carbocycles. The molecule has 0 aliphatic carbocycles. The Morgan fingerprint density at radius 2 is 2.25 bits per heavy atom. The molecule has 8 heteroatoms. The fourth-order valence-electron chi connectivity index (χ4n) is 1.52. The minimum Gasteiger partial charge on any atom is -0.422 e. The van der Waals surface area contributed by atoms with Gasteiger partial charge in [-0.25, -0.2) is 0 Å². The average Bonchev–Trinajstić information content (AvgIpc) is 2.83. The van der Waals surface area contributed by atoms with Gasteiger partial charge in [0.25, 0.3) is 5.19 Å². The Morgan fingerprint density at radius 1 is 1.45 bits per heavy atom. The maximum absolute atomic E-state index is 10.9. The highest BCUT2D eigenvalue weighted by Crippen LogP contribution is 2.32. The Labute approximate surface area is 119 Å². The summed E-state index contributed by atoms with van der Waals surface area (Å²) in [5.41, 5.74) is 0.777. The number of ether oxygens (including phenoxy) is 2. The molecule has 0 aliphatic heterocycles. The SMILES string of the molecule is COCCc1nsc(Oc2cc(C)ccc2[N+](=O)[O-])n1. The molecule has 0 aliphatic rings. The maximum Gasteiger partial charge on any atom is 0.311 e. The van der Waals surface area contributed by atoms with E-state index in [-0.39, 0.29) is 16.6 Å². The molecule has 0 radical (unpaired) electrons. The van der Waals surface area contributed by atoms with Crippen LogP contribution in [0.3, 0.4) is 0 Å². The van der Waals surface area contributed by atoms with E-state index < -0.39 is 4.92 Å². The van der Waals surface area contributed by atoms with Crippen LogP contribution in [0.15, 0.2) is 18.2 Å². The van der Waals surface area contributed by atoms with Crippen molar-refractivity contribution in [1.29, 1.82) is 0 Å². The van der Waals surface area contributed by atoms with E-state index in [9.17, 15) is 10.1 Å². The highest BCUT2D eigenvalue weighted by atomic mass is 32.1. The molecule has 0 N–H and O–H groups in total. The van der Waals surface area contributed by atoms with Crippen LogP contribution in [0.4, 0.5) is 5.69 Å². The summed E-state index contributed by atoms with van der Waals surface area (Å²) in [5, 5.41) is 11.2. The summed E-state index contributed by atoms with van der Waals surface area (Å²) in [6, 6.07) is 4.68. The molecule has 1 aromatic heterocycles. The number of hydrogen-bond acceptors (Lipinski definition) is 7. The zero-order valence-corrected chi connectivity index (χ0v) is 11.8. The van der Waals surface area contributed by atoms with Crippen molar-refractivity contribution in [3.8, 4) is 10.9 Å².